The van der Waals surface area contributed by atoms with Gasteiger partial charge in [0.15, 0.2) is 0 Å². The molecule has 0 aromatic carbocycles. The summed E-state index contributed by atoms with van der Waals surface area (Å²) in [4.78, 5) is 2.66. The Morgan fingerprint density at radius 3 is 2.54 bits per heavy atom. The first kappa shape index (κ1) is 9.47. The van der Waals surface area contributed by atoms with Crippen LogP contribution in [0.3, 0.4) is 0 Å². The highest BCUT2D eigenvalue weighted by atomic mass is 15.2. The van der Waals surface area contributed by atoms with Crippen LogP contribution in [-0.2, 0) is 0 Å². The molecule has 2 heteroatoms. The molecule has 2 aliphatic rings. The zero-order chi connectivity index (χ0) is 9.47. The minimum atomic E-state index is 0.591. The van der Waals surface area contributed by atoms with Crippen molar-refractivity contribution in [2.24, 2.45) is 5.41 Å². The molecule has 0 spiro atoms. The van der Waals surface area contributed by atoms with Crippen LogP contribution in [0.5, 0.6) is 0 Å². The quantitative estimate of drug-likeness (QED) is 0.660. The van der Waals surface area contributed by atoms with Crippen molar-refractivity contribution in [2.45, 2.75) is 45.7 Å². The molecule has 2 saturated heterocycles. The lowest BCUT2D eigenvalue weighted by Gasteiger charge is -2.51. The van der Waals surface area contributed by atoms with Crippen molar-refractivity contribution < 1.29 is 0 Å². The van der Waals surface area contributed by atoms with Crippen LogP contribution in [0.1, 0.15) is 33.6 Å². The maximum absolute atomic E-state index is 3.51. The second-order valence-electron chi connectivity index (χ2n) is 5.60. The normalized spacial score (nSPS) is 39.9. The smallest absolute Gasteiger partial charge is 0.0122 e. The Bertz CT molecular complexity index is 181. The summed E-state index contributed by atoms with van der Waals surface area (Å²) in [6.07, 6.45) is 2.69. The van der Waals surface area contributed by atoms with Crippen molar-refractivity contribution in [1.29, 1.82) is 0 Å². The number of nitrogens with one attached hydrogen (secondary N) is 1. The zero-order valence-corrected chi connectivity index (χ0v) is 9.14. The molecule has 76 valence electrons. The zero-order valence-electron chi connectivity index (χ0n) is 9.14. The summed E-state index contributed by atoms with van der Waals surface area (Å²) in [6, 6.07) is 1.59. The molecule has 2 atom stereocenters. The molecule has 0 bridgehead atoms. The van der Waals surface area contributed by atoms with Gasteiger partial charge in [0.1, 0.15) is 0 Å². The highest BCUT2D eigenvalue weighted by Crippen LogP contribution is 2.33. The summed E-state index contributed by atoms with van der Waals surface area (Å²) < 4.78 is 0. The topological polar surface area (TPSA) is 15.3 Å². The molecule has 0 aromatic heterocycles. The van der Waals surface area contributed by atoms with E-state index in [-0.39, 0.29) is 0 Å². The molecule has 0 amide bonds. The third-order valence-electron chi connectivity index (χ3n) is 3.37. The maximum Gasteiger partial charge on any atom is 0.0122 e. The Balaban J connectivity index is 1.82. The van der Waals surface area contributed by atoms with Gasteiger partial charge in [-0.1, -0.05) is 13.8 Å². The van der Waals surface area contributed by atoms with Crippen LogP contribution < -0.4 is 5.32 Å². The fourth-order valence-corrected chi connectivity index (χ4v) is 2.75. The van der Waals surface area contributed by atoms with Gasteiger partial charge in [0, 0.05) is 25.2 Å². The van der Waals surface area contributed by atoms with Crippen LogP contribution in [0, 0.1) is 5.41 Å². The van der Waals surface area contributed by atoms with Gasteiger partial charge in [-0.05, 0) is 31.7 Å². The molecule has 13 heavy (non-hydrogen) atoms. The number of hydrogen-bond acceptors (Lipinski definition) is 2. The number of nitrogens with zero attached hydrogens (tertiary/aromatic N) is 1. The van der Waals surface area contributed by atoms with Crippen molar-refractivity contribution in [3.05, 3.63) is 0 Å². The van der Waals surface area contributed by atoms with E-state index in [9.17, 15) is 0 Å². The first-order chi connectivity index (χ1) is 6.07. The predicted octanol–water partition coefficient (Wildman–Crippen LogP) is 1.47. The standard InChI is InChI=1S/C11H22N2/c1-9-6-10(4-5-12-9)13-7-11(2,3)8-13/h9-10,12H,4-8H2,1-3H3. The van der Waals surface area contributed by atoms with Gasteiger partial charge in [0.25, 0.3) is 0 Å². The van der Waals surface area contributed by atoms with Gasteiger partial charge in [0.05, 0.1) is 0 Å². The molecule has 2 fully saturated rings. The second kappa shape index (κ2) is 3.25. The van der Waals surface area contributed by atoms with E-state index in [1.807, 2.05) is 0 Å². The van der Waals surface area contributed by atoms with E-state index < -0.39 is 0 Å². The molecular formula is C11H22N2. The minimum absolute atomic E-state index is 0.591. The molecule has 2 nitrogen and oxygen atoms in total. The summed E-state index contributed by atoms with van der Waals surface area (Å²) in [6.45, 7) is 10.9. The van der Waals surface area contributed by atoms with Crippen LogP contribution in [0.25, 0.3) is 0 Å². The average Bonchev–Trinajstić information content (AvgIpc) is 2.00. The first-order valence-corrected chi connectivity index (χ1v) is 5.54. The lowest BCUT2D eigenvalue weighted by molar-refractivity contribution is -0.0195. The van der Waals surface area contributed by atoms with Gasteiger partial charge in [0.2, 0.25) is 0 Å². The molecule has 0 aliphatic carbocycles. The van der Waals surface area contributed by atoms with E-state index in [2.05, 4.69) is 31.0 Å². The molecule has 2 rings (SSSR count). The van der Waals surface area contributed by atoms with Crippen LogP contribution >= 0.6 is 0 Å². The summed E-state index contributed by atoms with van der Waals surface area (Å²) in [5.41, 5.74) is 0.591. The van der Waals surface area contributed by atoms with Gasteiger partial charge >= 0.3 is 0 Å². The van der Waals surface area contributed by atoms with E-state index in [4.69, 9.17) is 0 Å². The van der Waals surface area contributed by atoms with Gasteiger partial charge in [-0.3, -0.25) is 4.90 Å². The van der Waals surface area contributed by atoms with Crippen molar-refractivity contribution >= 4 is 0 Å². The van der Waals surface area contributed by atoms with E-state index in [1.165, 1.54) is 32.5 Å². The Labute approximate surface area is 81.7 Å². The molecule has 2 heterocycles. The van der Waals surface area contributed by atoms with Crippen molar-refractivity contribution in [2.75, 3.05) is 19.6 Å². The van der Waals surface area contributed by atoms with Crippen LogP contribution in [0.15, 0.2) is 0 Å². The molecule has 0 aromatic rings. The third-order valence-corrected chi connectivity index (χ3v) is 3.37. The highest BCUT2D eigenvalue weighted by molar-refractivity contribution is 4.94. The summed E-state index contributed by atoms with van der Waals surface area (Å²) in [5, 5.41) is 3.51. The Morgan fingerprint density at radius 2 is 2.00 bits per heavy atom. The lowest BCUT2D eigenvalue weighted by Crippen LogP contribution is -2.59. The minimum Gasteiger partial charge on any atom is -0.314 e. The molecule has 0 saturated carbocycles. The highest BCUT2D eigenvalue weighted by Gasteiger charge is 2.38. The van der Waals surface area contributed by atoms with E-state index in [1.54, 1.807) is 0 Å². The molecule has 0 radical (unpaired) electrons. The average molecular weight is 182 g/mol. The summed E-state index contributed by atoms with van der Waals surface area (Å²) >= 11 is 0. The predicted molar refractivity (Wildman–Crippen MR) is 55.8 cm³/mol. The van der Waals surface area contributed by atoms with Crippen molar-refractivity contribution in [1.82, 2.24) is 10.2 Å². The van der Waals surface area contributed by atoms with E-state index >= 15 is 0 Å². The monoisotopic (exact) mass is 182 g/mol. The SMILES string of the molecule is CC1CC(N2CC(C)(C)C2)CCN1. The fourth-order valence-electron chi connectivity index (χ4n) is 2.75. The number of rotatable bonds is 1. The van der Waals surface area contributed by atoms with Crippen molar-refractivity contribution in [3.63, 3.8) is 0 Å². The van der Waals surface area contributed by atoms with Crippen molar-refractivity contribution in [3.8, 4) is 0 Å². The molecular weight excluding hydrogens is 160 g/mol. The third kappa shape index (κ3) is 2.05. The fraction of sp³-hybridized carbons (Fsp3) is 1.00. The maximum atomic E-state index is 3.51. The van der Waals surface area contributed by atoms with Crippen LogP contribution in [0.4, 0.5) is 0 Å². The first-order valence-electron chi connectivity index (χ1n) is 5.54. The Morgan fingerprint density at radius 1 is 1.31 bits per heavy atom. The second-order valence-corrected chi connectivity index (χ2v) is 5.60. The van der Waals surface area contributed by atoms with Gasteiger partial charge < -0.3 is 5.32 Å². The van der Waals surface area contributed by atoms with Gasteiger partial charge in [-0.25, -0.2) is 0 Å². The largest absolute Gasteiger partial charge is 0.314 e. The summed E-state index contributed by atoms with van der Waals surface area (Å²) in [7, 11) is 0. The van der Waals surface area contributed by atoms with E-state index in [0.717, 1.165) is 12.1 Å². The van der Waals surface area contributed by atoms with Crippen LogP contribution in [-0.4, -0.2) is 36.6 Å². The molecule has 2 unspecified atom stereocenters. The number of piperidine rings is 1. The van der Waals surface area contributed by atoms with Gasteiger partial charge in [-0.2, -0.15) is 0 Å². The number of likely N-dealkylation sites (tertiary alicyclic amines) is 1. The summed E-state index contributed by atoms with van der Waals surface area (Å²) in [5.74, 6) is 0. The molecule has 1 N–H and O–H groups in total. The Hall–Kier alpha value is -0.0800. The number of hydrogen-bond donors (Lipinski definition) is 1. The lowest BCUT2D eigenvalue weighted by atomic mass is 9.81. The Kier molecular flexibility index (Phi) is 2.37. The molecule has 2 aliphatic heterocycles. The van der Waals surface area contributed by atoms with Crippen LogP contribution in [0.2, 0.25) is 0 Å². The van der Waals surface area contributed by atoms with Gasteiger partial charge in [-0.15, -0.1) is 0 Å². The van der Waals surface area contributed by atoms with E-state index in [0.29, 0.717) is 5.41 Å².